The van der Waals surface area contributed by atoms with Crippen LogP contribution >= 0.6 is 15.9 Å². The van der Waals surface area contributed by atoms with Gasteiger partial charge in [-0.25, -0.2) is 0 Å². The molecule has 2 heteroatoms. The lowest BCUT2D eigenvalue weighted by molar-refractivity contribution is 0.182. The molecule has 1 heterocycles. The third-order valence-corrected chi connectivity index (χ3v) is 3.40. The van der Waals surface area contributed by atoms with Crippen molar-refractivity contribution in [2.75, 3.05) is 13.2 Å². The largest absolute Gasteiger partial charge is 0.381 e. The van der Waals surface area contributed by atoms with Gasteiger partial charge in [0.2, 0.25) is 0 Å². The van der Waals surface area contributed by atoms with Gasteiger partial charge in [-0.05, 0) is 12.3 Å². The summed E-state index contributed by atoms with van der Waals surface area (Å²) in [5, 5.41) is 0. The number of ether oxygens (including phenoxy) is 1. The van der Waals surface area contributed by atoms with E-state index in [1.807, 2.05) is 0 Å². The van der Waals surface area contributed by atoms with Crippen LogP contribution in [-0.4, -0.2) is 18.0 Å². The Morgan fingerprint density at radius 3 is 3.10 bits per heavy atom. The molecule has 3 atom stereocenters. The second kappa shape index (κ2) is 2.67. The standard InChI is InChI=1S/C8H11BrO/c9-8-3-1-2-6-4-10-5-7(6)8/h1,3,6-8H,2,4-5H2. The first-order valence-corrected chi connectivity index (χ1v) is 4.68. The van der Waals surface area contributed by atoms with Crippen molar-refractivity contribution in [3.63, 3.8) is 0 Å². The third kappa shape index (κ3) is 1.04. The Bertz CT molecular complexity index is 155. The molecular weight excluding hydrogens is 192 g/mol. The Morgan fingerprint density at radius 2 is 2.30 bits per heavy atom. The van der Waals surface area contributed by atoms with Crippen LogP contribution in [0.4, 0.5) is 0 Å². The van der Waals surface area contributed by atoms with Crippen molar-refractivity contribution < 1.29 is 4.74 Å². The molecule has 1 fully saturated rings. The summed E-state index contributed by atoms with van der Waals surface area (Å²) in [7, 11) is 0. The zero-order valence-corrected chi connectivity index (χ0v) is 7.38. The Balaban J connectivity index is 2.13. The number of hydrogen-bond donors (Lipinski definition) is 0. The molecule has 3 unspecified atom stereocenters. The Labute approximate surface area is 69.6 Å². The van der Waals surface area contributed by atoms with Crippen molar-refractivity contribution in [1.82, 2.24) is 0 Å². The topological polar surface area (TPSA) is 9.23 Å². The number of rotatable bonds is 0. The van der Waals surface area contributed by atoms with Gasteiger partial charge in [0.15, 0.2) is 0 Å². The SMILES string of the molecule is BrC1C=CCC2COCC12. The smallest absolute Gasteiger partial charge is 0.0511 e. The highest BCUT2D eigenvalue weighted by atomic mass is 79.9. The van der Waals surface area contributed by atoms with Gasteiger partial charge in [-0.15, -0.1) is 0 Å². The zero-order valence-electron chi connectivity index (χ0n) is 5.79. The van der Waals surface area contributed by atoms with Crippen molar-refractivity contribution in [2.45, 2.75) is 11.2 Å². The van der Waals surface area contributed by atoms with Crippen LogP contribution in [0.3, 0.4) is 0 Å². The summed E-state index contributed by atoms with van der Waals surface area (Å²) < 4.78 is 5.39. The van der Waals surface area contributed by atoms with Crippen molar-refractivity contribution in [1.29, 1.82) is 0 Å². The number of hydrogen-bond acceptors (Lipinski definition) is 1. The van der Waals surface area contributed by atoms with E-state index < -0.39 is 0 Å². The molecule has 1 aliphatic carbocycles. The van der Waals surface area contributed by atoms with Crippen molar-refractivity contribution >= 4 is 15.9 Å². The molecule has 1 aliphatic heterocycles. The summed E-state index contributed by atoms with van der Waals surface area (Å²) in [5.41, 5.74) is 0. The molecule has 56 valence electrons. The summed E-state index contributed by atoms with van der Waals surface area (Å²) in [5.74, 6) is 1.53. The molecule has 0 amide bonds. The molecule has 0 saturated carbocycles. The van der Waals surface area contributed by atoms with Gasteiger partial charge in [-0.2, -0.15) is 0 Å². The predicted octanol–water partition coefficient (Wildman–Crippen LogP) is 1.97. The van der Waals surface area contributed by atoms with E-state index in [4.69, 9.17) is 4.74 Å². The lowest BCUT2D eigenvalue weighted by Crippen LogP contribution is -2.23. The number of fused-ring (bicyclic) bond motifs is 1. The molecule has 2 aliphatic rings. The number of halogens is 1. The fourth-order valence-corrected chi connectivity index (χ4v) is 2.54. The van der Waals surface area contributed by atoms with Crippen LogP contribution in [0.2, 0.25) is 0 Å². The first-order valence-electron chi connectivity index (χ1n) is 3.76. The molecule has 1 nitrogen and oxygen atoms in total. The van der Waals surface area contributed by atoms with Gasteiger partial charge in [0.1, 0.15) is 0 Å². The van der Waals surface area contributed by atoms with E-state index >= 15 is 0 Å². The fraction of sp³-hybridized carbons (Fsp3) is 0.750. The highest BCUT2D eigenvalue weighted by molar-refractivity contribution is 9.09. The molecule has 0 bridgehead atoms. The maximum atomic E-state index is 5.39. The summed E-state index contributed by atoms with van der Waals surface area (Å²) in [6.07, 6.45) is 5.72. The minimum atomic E-state index is 0.564. The summed E-state index contributed by atoms with van der Waals surface area (Å²) in [6.45, 7) is 1.92. The average molecular weight is 203 g/mol. The molecule has 10 heavy (non-hydrogen) atoms. The maximum absolute atomic E-state index is 5.39. The molecule has 0 aromatic heterocycles. The monoisotopic (exact) mass is 202 g/mol. The van der Waals surface area contributed by atoms with Gasteiger partial charge in [0.25, 0.3) is 0 Å². The van der Waals surface area contributed by atoms with Gasteiger partial charge < -0.3 is 4.74 Å². The quantitative estimate of drug-likeness (QED) is 0.432. The van der Waals surface area contributed by atoms with Crippen LogP contribution in [0.1, 0.15) is 6.42 Å². The molecule has 1 saturated heterocycles. The van der Waals surface area contributed by atoms with E-state index in [1.54, 1.807) is 0 Å². The van der Waals surface area contributed by atoms with E-state index in [2.05, 4.69) is 28.1 Å². The third-order valence-electron chi connectivity index (χ3n) is 2.42. The normalized spacial score (nSPS) is 45.5. The maximum Gasteiger partial charge on any atom is 0.0511 e. The summed E-state index contributed by atoms with van der Waals surface area (Å²) in [6, 6.07) is 0. The van der Waals surface area contributed by atoms with Crippen molar-refractivity contribution in [3.05, 3.63) is 12.2 Å². The minimum Gasteiger partial charge on any atom is -0.381 e. The second-order valence-corrected chi connectivity index (χ2v) is 4.13. The Kier molecular flexibility index (Phi) is 1.83. The molecule has 0 aromatic rings. The second-order valence-electron chi connectivity index (χ2n) is 3.07. The minimum absolute atomic E-state index is 0.564. The van der Waals surface area contributed by atoms with E-state index in [9.17, 15) is 0 Å². The Hall–Kier alpha value is 0.180. The predicted molar refractivity (Wildman–Crippen MR) is 44.3 cm³/mol. The van der Waals surface area contributed by atoms with Crippen LogP contribution in [0.5, 0.6) is 0 Å². The molecule has 0 aromatic carbocycles. The first kappa shape index (κ1) is 6.86. The highest BCUT2D eigenvalue weighted by Crippen LogP contribution is 2.34. The lowest BCUT2D eigenvalue weighted by Gasteiger charge is -2.23. The Morgan fingerprint density at radius 1 is 1.40 bits per heavy atom. The van der Waals surface area contributed by atoms with Gasteiger partial charge in [0.05, 0.1) is 13.2 Å². The van der Waals surface area contributed by atoms with Gasteiger partial charge >= 0.3 is 0 Å². The van der Waals surface area contributed by atoms with Gasteiger partial charge in [0, 0.05) is 10.7 Å². The zero-order chi connectivity index (χ0) is 6.97. The van der Waals surface area contributed by atoms with Crippen molar-refractivity contribution in [2.24, 2.45) is 11.8 Å². The average Bonchev–Trinajstić information content (AvgIpc) is 2.36. The summed E-state index contributed by atoms with van der Waals surface area (Å²) in [4.78, 5) is 0.564. The van der Waals surface area contributed by atoms with Gasteiger partial charge in [-0.1, -0.05) is 28.1 Å². The van der Waals surface area contributed by atoms with Crippen LogP contribution < -0.4 is 0 Å². The highest BCUT2D eigenvalue weighted by Gasteiger charge is 2.33. The fourth-order valence-electron chi connectivity index (χ4n) is 1.74. The van der Waals surface area contributed by atoms with Crippen LogP contribution in [0, 0.1) is 11.8 Å². The number of alkyl halides is 1. The lowest BCUT2D eigenvalue weighted by atomic mass is 9.86. The van der Waals surface area contributed by atoms with Crippen LogP contribution in [0.15, 0.2) is 12.2 Å². The molecular formula is C8H11BrO. The van der Waals surface area contributed by atoms with E-state index in [0.29, 0.717) is 4.83 Å². The summed E-state index contributed by atoms with van der Waals surface area (Å²) >= 11 is 3.63. The van der Waals surface area contributed by atoms with Crippen molar-refractivity contribution in [3.8, 4) is 0 Å². The van der Waals surface area contributed by atoms with E-state index in [0.717, 1.165) is 25.0 Å². The van der Waals surface area contributed by atoms with Gasteiger partial charge in [-0.3, -0.25) is 0 Å². The number of allylic oxidation sites excluding steroid dienone is 2. The van der Waals surface area contributed by atoms with E-state index in [1.165, 1.54) is 6.42 Å². The van der Waals surface area contributed by atoms with Crippen LogP contribution in [0.25, 0.3) is 0 Å². The van der Waals surface area contributed by atoms with E-state index in [-0.39, 0.29) is 0 Å². The molecule has 2 rings (SSSR count). The first-order chi connectivity index (χ1) is 4.88. The molecule has 0 N–H and O–H groups in total. The van der Waals surface area contributed by atoms with Crippen LogP contribution in [-0.2, 0) is 4.74 Å². The molecule has 0 radical (unpaired) electrons. The molecule has 0 spiro atoms.